The predicted molar refractivity (Wildman–Crippen MR) is 93.3 cm³/mol. The molecule has 0 aliphatic carbocycles. The smallest absolute Gasteiger partial charge is 0.0160 e. The zero-order valence-corrected chi connectivity index (χ0v) is 14.9. The van der Waals surface area contributed by atoms with Gasteiger partial charge >= 0.3 is 0 Å². The molecule has 0 aliphatic heterocycles. The molecular weight excluding hydrogens is 235 g/mol. The number of allylic oxidation sites excluding steroid dienone is 4. The quantitative estimate of drug-likeness (QED) is 0.408. The summed E-state index contributed by atoms with van der Waals surface area (Å²) in [6.45, 7) is 22.6. The molecule has 0 amide bonds. The average Bonchev–Trinajstić information content (AvgIpc) is 2.37. The van der Waals surface area contributed by atoms with E-state index >= 15 is 0 Å². The fourth-order valence-electron chi connectivity index (χ4n) is 1.74. The lowest BCUT2D eigenvalue weighted by Gasteiger charge is -2.26. The van der Waals surface area contributed by atoms with E-state index in [9.17, 15) is 0 Å². The van der Waals surface area contributed by atoms with Crippen LogP contribution in [0.25, 0.3) is 0 Å². The zero-order chi connectivity index (χ0) is 15.2. The first-order valence-corrected chi connectivity index (χ1v) is 8.13. The summed E-state index contributed by atoms with van der Waals surface area (Å²) in [5.41, 5.74) is 1.70. The second-order valence-corrected chi connectivity index (χ2v) is 4.98. The molecule has 2 atom stereocenters. The van der Waals surface area contributed by atoms with Crippen LogP contribution in [-0.2, 0) is 0 Å². The molecule has 0 bridgehead atoms. The van der Waals surface area contributed by atoms with Crippen LogP contribution in [0.1, 0.15) is 54.4 Å². The fourth-order valence-corrected chi connectivity index (χ4v) is 1.74. The van der Waals surface area contributed by atoms with Crippen LogP contribution in [0.3, 0.4) is 0 Å². The van der Waals surface area contributed by atoms with Gasteiger partial charge in [0.25, 0.3) is 0 Å². The molecule has 2 unspecified atom stereocenters. The Kier molecular flexibility index (Phi) is 18.6. The highest BCUT2D eigenvalue weighted by Gasteiger charge is 2.18. The summed E-state index contributed by atoms with van der Waals surface area (Å²) in [4.78, 5) is 0. The van der Waals surface area contributed by atoms with E-state index in [1.54, 1.807) is 0 Å². The minimum Gasteiger partial charge on any atom is -0.141 e. The van der Waals surface area contributed by atoms with Crippen molar-refractivity contribution in [3.8, 4) is 0 Å². The lowest BCUT2D eigenvalue weighted by molar-refractivity contribution is 0.315. The molecule has 0 aromatic rings. The third-order valence-electron chi connectivity index (χ3n) is 2.37. The molecule has 1 heteroatoms. The maximum atomic E-state index is 3.86. The Labute approximate surface area is 119 Å². The molecule has 108 valence electrons. The van der Waals surface area contributed by atoms with Crippen LogP contribution >= 0.6 is 9.24 Å². The van der Waals surface area contributed by atoms with Crippen molar-refractivity contribution < 1.29 is 0 Å². The lowest BCUT2D eigenvalue weighted by atomic mass is 9.80. The van der Waals surface area contributed by atoms with Crippen molar-refractivity contribution in [3.05, 3.63) is 37.0 Å². The second-order valence-electron chi connectivity index (χ2n) is 4.98. The van der Waals surface area contributed by atoms with E-state index in [1.807, 2.05) is 32.7 Å². The monoisotopic (exact) mass is 270 g/mol. The van der Waals surface area contributed by atoms with Gasteiger partial charge in [-0.3, -0.25) is 0 Å². The van der Waals surface area contributed by atoms with Crippen LogP contribution in [-0.4, -0.2) is 6.66 Å². The second kappa shape index (κ2) is 14.7. The van der Waals surface area contributed by atoms with E-state index in [2.05, 4.69) is 56.2 Å². The molecule has 0 saturated heterocycles. The minimum absolute atomic E-state index is 0.379. The fraction of sp³-hybridized carbons (Fsp3) is 0.647. The van der Waals surface area contributed by atoms with Gasteiger partial charge in [-0.15, -0.1) is 9.24 Å². The van der Waals surface area contributed by atoms with Crippen LogP contribution in [0.15, 0.2) is 37.0 Å². The molecule has 0 N–H and O–H groups in total. The van der Waals surface area contributed by atoms with Gasteiger partial charge in [0.2, 0.25) is 0 Å². The first-order chi connectivity index (χ1) is 8.44. The highest BCUT2D eigenvalue weighted by molar-refractivity contribution is 7.15. The van der Waals surface area contributed by atoms with Gasteiger partial charge in [-0.1, -0.05) is 79.6 Å². The molecule has 0 rings (SSSR count). The van der Waals surface area contributed by atoms with Crippen LogP contribution in [0.2, 0.25) is 0 Å². The van der Waals surface area contributed by atoms with Gasteiger partial charge in [0.05, 0.1) is 0 Å². The third kappa shape index (κ3) is 13.7. The van der Waals surface area contributed by atoms with Gasteiger partial charge in [0.1, 0.15) is 0 Å². The molecule has 0 nitrogen and oxygen atoms in total. The van der Waals surface area contributed by atoms with Crippen molar-refractivity contribution >= 4 is 9.24 Å². The predicted octanol–water partition coefficient (Wildman–Crippen LogP) is 6.26. The SMILES string of the molecule is C=C/C=C(\C=C)C(CC)CC(C)(C)C.CC.CP. The standard InChI is InChI=1S/C14H24.C2H6.CH5P/c1-7-10-12(8-2)13(9-3)11-14(4,5)6;2*1-2/h7-8,10,13H,1-2,9,11H2,3-6H3;1-2H3;2H2,1H3/b12-10+;;. The van der Waals surface area contributed by atoms with Gasteiger partial charge in [0, 0.05) is 0 Å². The van der Waals surface area contributed by atoms with Crippen molar-refractivity contribution in [2.45, 2.75) is 54.4 Å². The molecule has 0 aromatic heterocycles. The van der Waals surface area contributed by atoms with E-state index in [1.165, 1.54) is 18.4 Å². The minimum atomic E-state index is 0.379. The number of hydrogen-bond donors (Lipinski definition) is 0. The van der Waals surface area contributed by atoms with Crippen LogP contribution in [0.4, 0.5) is 0 Å². The van der Waals surface area contributed by atoms with Crippen molar-refractivity contribution in [2.24, 2.45) is 11.3 Å². The van der Waals surface area contributed by atoms with Crippen molar-refractivity contribution in [3.63, 3.8) is 0 Å². The molecule has 0 saturated carbocycles. The van der Waals surface area contributed by atoms with Crippen molar-refractivity contribution in [1.29, 1.82) is 0 Å². The number of rotatable bonds is 5. The first-order valence-electron chi connectivity index (χ1n) is 6.97. The summed E-state index contributed by atoms with van der Waals surface area (Å²) in [6, 6.07) is 0. The number of hydrogen-bond acceptors (Lipinski definition) is 0. The summed E-state index contributed by atoms with van der Waals surface area (Å²) in [5, 5.41) is 0. The van der Waals surface area contributed by atoms with E-state index in [0.717, 1.165) is 0 Å². The molecule has 0 spiro atoms. The summed E-state index contributed by atoms with van der Waals surface area (Å²) >= 11 is 0. The Morgan fingerprint density at radius 3 is 1.83 bits per heavy atom. The highest BCUT2D eigenvalue weighted by atomic mass is 31.0. The van der Waals surface area contributed by atoms with E-state index < -0.39 is 0 Å². The largest absolute Gasteiger partial charge is 0.141 e. The summed E-state index contributed by atoms with van der Waals surface area (Å²) in [6.07, 6.45) is 8.26. The molecule has 0 radical (unpaired) electrons. The van der Waals surface area contributed by atoms with E-state index in [0.29, 0.717) is 11.3 Å². The molecule has 0 heterocycles. The van der Waals surface area contributed by atoms with Crippen LogP contribution in [0, 0.1) is 11.3 Å². The van der Waals surface area contributed by atoms with Crippen molar-refractivity contribution in [2.75, 3.05) is 6.66 Å². The van der Waals surface area contributed by atoms with Gasteiger partial charge in [-0.2, -0.15) is 0 Å². The summed E-state index contributed by atoms with van der Waals surface area (Å²) < 4.78 is 0. The van der Waals surface area contributed by atoms with E-state index in [-0.39, 0.29) is 0 Å². The topological polar surface area (TPSA) is 0 Å². The average molecular weight is 270 g/mol. The summed E-state index contributed by atoms with van der Waals surface area (Å²) in [7, 11) is 2.42. The molecule has 18 heavy (non-hydrogen) atoms. The van der Waals surface area contributed by atoms with Crippen molar-refractivity contribution in [1.82, 2.24) is 0 Å². The molecule has 0 fully saturated rings. The Bertz CT molecular complexity index is 218. The molecule has 0 aliphatic rings. The maximum Gasteiger partial charge on any atom is -0.0160 e. The Balaban J connectivity index is -0.000000506. The Hall–Kier alpha value is -0.350. The van der Waals surface area contributed by atoms with Crippen LogP contribution in [0.5, 0.6) is 0 Å². The third-order valence-corrected chi connectivity index (χ3v) is 2.37. The Morgan fingerprint density at radius 2 is 1.61 bits per heavy atom. The van der Waals surface area contributed by atoms with Gasteiger partial charge in [-0.05, 0) is 29.7 Å². The Morgan fingerprint density at radius 1 is 1.17 bits per heavy atom. The van der Waals surface area contributed by atoms with Crippen LogP contribution < -0.4 is 0 Å². The highest BCUT2D eigenvalue weighted by Crippen LogP contribution is 2.31. The normalized spacial score (nSPS) is 12.3. The lowest BCUT2D eigenvalue weighted by Crippen LogP contribution is -2.14. The van der Waals surface area contributed by atoms with Gasteiger partial charge in [0.15, 0.2) is 0 Å². The first kappa shape index (κ1) is 22.8. The van der Waals surface area contributed by atoms with Gasteiger partial charge < -0.3 is 0 Å². The molecule has 0 aromatic carbocycles. The summed E-state index contributed by atoms with van der Waals surface area (Å²) in [5.74, 6) is 0.616. The maximum absolute atomic E-state index is 3.86. The van der Waals surface area contributed by atoms with E-state index in [4.69, 9.17) is 0 Å². The zero-order valence-electron chi connectivity index (χ0n) is 13.7. The molecular formula is C17H35P. The van der Waals surface area contributed by atoms with Gasteiger partial charge in [-0.25, -0.2) is 0 Å².